The SMILES string of the molecule is CC(C)(C)C1CCC(C2(CN)CC2)CC1. The molecule has 0 aliphatic heterocycles. The van der Waals surface area contributed by atoms with Gasteiger partial charge in [0.2, 0.25) is 0 Å². The van der Waals surface area contributed by atoms with Crippen molar-refractivity contribution >= 4 is 0 Å². The molecule has 0 bridgehead atoms. The summed E-state index contributed by atoms with van der Waals surface area (Å²) in [4.78, 5) is 0. The van der Waals surface area contributed by atoms with Crippen LogP contribution in [0.5, 0.6) is 0 Å². The molecule has 1 nitrogen and oxygen atoms in total. The van der Waals surface area contributed by atoms with Gasteiger partial charge in [0, 0.05) is 0 Å². The summed E-state index contributed by atoms with van der Waals surface area (Å²) in [5.41, 5.74) is 7.04. The Bertz CT molecular complexity index is 214. The topological polar surface area (TPSA) is 26.0 Å². The summed E-state index contributed by atoms with van der Waals surface area (Å²) < 4.78 is 0. The van der Waals surface area contributed by atoms with Crippen LogP contribution in [-0.2, 0) is 0 Å². The Morgan fingerprint density at radius 2 is 1.60 bits per heavy atom. The van der Waals surface area contributed by atoms with Gasteiger partial charge in [-0.15, -0.1) is 0 Å². The van der Waals surface area contributed by atoms with Gasteiger partial charge in [0.1, 0.15) is 0 Å². The summed E-state index contributed by atoms with van der Waals surface area (Å²) in [6.45, 7) is 8.13. The second-order valence-electron chi connectivity index (χ2n) is 6.98. The van der Waals surface area contributed by atoms with Gasteiger partial charge in [0.05, 0.1) is 0 Å². The molecule has 88 valence electrons. The minimum Gasteiger partial charge on any atom is -0.330 e. The molecule has 0 aromatic rings. The molecule has 0 aromatic heterocycles. The summed E-state index contributed by atoms with van der Waals surface area (Å²) in [5.74, 6) is 1.91. The third kappa shape index (κ3) is 2.22. The van der Waals surface area contributed by atoms with E-state index in [-0.39, 0.29) is 0 Å². The fourth-order valence-corrected chi connectivity index (χ4v) is 3.51. The van der Waals surface area contributed by atoms with Gasteiger partial charge in [0.15, 0.2) is 0 Å². The predicted octanol–water partition coefficient (Wildman–Crippen LogP) is 3.58. The first-order valence-electron chi connectivity index (χ1n) is 6.68. The summed E-state index contributed by atoms with van der Waals surface area (Å²) in [5, 5.41) is 0. The molecular weight excluding hydrogens is 182 g/mol. The highest BCUT2D eigenvalue weighted by molar-refractivity contribution is 5.00. The summed E-state index contributed by atoms with van der Waals surface area (Å²) in [7, 11) is 0. The van der Waals surface area contributed by atoms with Crippen LogP contribution in [0.25, 0.3) is 0 Å². The molecule has 0 aromatic carbocycles. The van der Waals surface area contributed by atoms with E-state index in [0.717, 1.165) is 18.4 Å². The van der Waals surface area contributed by atoms with E-state index in [1.54, 1.807) is 0 Å². The molecule has 0 atom stereocenters. The van der Waals surface area contributed by atoms with Crippen LogP contribution in [0.2, 0.25) is 0 Å². The third-order valence-electron chi connectivity index (χ3n) is 5.12. The molecule has 15 heavy (non-hydrogen) atoms. The maximum Gasteiger partial charge on any atom is -0.00179 e. The van der Waals surface area contributed by atoms with Gasteiger partial charge in [0.25, 0.3) is 0 Å². The van der Waals surface area contributed by atoms with Gasteiger partial charge in [-0.3, -0.25) is 0 Å². The zero-order chi connectivity index (χ0) is 11.1. The molecule has 0 amide bonds. The molecule has 0 saturated heterocycles. The minimum absolute atomic E-state index is 0.518. The molecule has 2 rings (SSSR count). The van der Waals surface area contributed by atoms with Gasteiger partial charge >= 0.3 is 0 Å². The minimum atomic E-state index is 0.518. The van der Waals surface area contributed by atoms with Crippen LogP contribution in [0.15, 0.2) is 0 Å². The van der Waals surface area contributed by atoms with Crippen molar-refractivity contribution in [2.75, 3.05) is 6.54 Å². The maximum atomic E-state index is 5.92. The van der Waals surface area contributed by atoms with Crippen LogP contribution in [0.1, 0.15) is 59.3 Å². The normalized spacial score (nSPS) is 35.2. The second-order valence-corrected chi connectivity index (χ2v) is 6.98. The average molecular weight is 209 g/mol. The van der Waals surface area contributed by atoms with Gasteiger partial charge in [-0.25, -0.2) is 0 Å². The van der Waals surface area contributed by atoms with Crippen molar-refractivity contribution in [3.8, 4) is 0 Å². The first-order chi connectivity index (χ1) is 6.98. The fourth-order valence-electron chi connectivity index (χ4n) is 3.51. The molecule has 2 aliphatic carbocycles. The fraction of sp³-hybridized carbons (Fsp3) is 1.00. The highest BCUT2D eigenvalue weighted by Crippen LogP contribution is 2.57. The molecular formula is C14H27N. The zero-order valence-corrected chi connectivity index (χ0v) is 10.7. The monoisotopic (exact) mass is 209 g/mol. The molecule has 1 heteroatoms. The van der Waals surface area contributed by atoms with Gasteiger partial charge in [-0.1, -0.05) is 20.8 Å². The van der Waals surface area contributed by atoms with E-state index in [4.69, 9.17) is 5.73 Å². The molecule has 2 saturated carbocycles. The smallest absolute Gasteiger partial charge is 0.00179 e. The van der Waals surface area contributed by atoms with E-state index in [1.165, 1.54) is 38.5 Å². The Hall–Kier alpha value is -0.0400. The van der Waals surface area contributed by atoms with E-state index >= 15 is 0 Å². The Morgan fingerprint density at radius 1 is 1.07 bits per heavy atom. The van der Waals surface area contributed by atoms with Gasteiger partial charge < -0.3 is 5.73 Å². The van der Waals surface area contributed by atoms with Crippen molar-refractivity contribution < 1.29 is 0 Å². The number of rotatable bonds is 2. The molecule has 0 radical (unpaired) electrons. The first-order valence-corrected chi connectivity index (χ1v) is 6.68. The molecule has 2 aliphatic rings. The van der Waals surface area contributed by atoms with E-state index < -0.39 is 0 Å². The Balaban J connectivity index is 1.87. The van der Waals surface area contributed by atoms with Gasteiger partial charge in [-0.05, 0) is 67.7 Å². The van der Waals surface area contributed by atoms with E-state index in [1.807, 2.05) is 0 Å². The van der Waals surface area contributed by atoms with Crippen molar-refractivity contribution in [2.45, 2.75) is 59.3 Å². The van der Waals surface area contributed by atoms with Crippen LogP contribution in [-0.4, -0.2) is 6.54 Å². The molecule has 2 fully saturated rings. The van der Waals surface area contributed by atoms with E-state index in [2.05, 4.69) is 20.8 Å². The Morgan fingerprint density at radius 3 is 1.93 bits per heavy atom. The summed E-state index contributed by atoms with van der Waals surface area (Å²) in [6.07, 6.45) is 8.59. The summed E-state index contributed by atoms with van der Waals surface area (Å²) in [6, 6.07) is 0. The quantitative estimate of drug-likeness (QED) is 0.739. The van der Waals surface area contributed by atoms with E-state index in [9.17, 15) is 0 Å². The number of hydrogen-bond acceptors (Lipinski definition) is 1. The van der Waals surface area contributed by atoms with Crippen LogP contribution >= 0.6 is 0 Å². The summed E-state index contributed by atoms with van der Waals surface area (Å²) >= 11 is 0. The molecule has 0 heterocycles. The van der Waals surface area contributed by atoms with Crippen molar-refractivity contribution in [2.24, 2.45) is 28.4 Å². The highest BCUT2D eigenvalue weighted by atomic mass is 14.7. The van der Waals surface area contributed by atoms with Crippen molar-refractivity contribution in [1.82, 2.24) is 0 Å². The first kappa shape index (κ1) is 11.4. The number of hydrogen-bond donors (Lipinski definition) is 1. The maximum absolute atomic E-state index is 5.92. The lowest BCUT2D eigenvalue weighted by molar-refractivity contribution is 0.118. The average Bonchev–Trinajstić information content (AvgIpc) is 2.97. The van der Waals surface area contributed by atoms with Crippen LogP contribution in [0, 0.1) is 22.7 Å². The van der Waals surface area contributed by atoms with E-state index in [0.29, 0.717) is 10.8 Å². The lowest BCUT2D eigenvalue weighted by atomic mass is 9.66. The lowest BCUT2D eigenvalue weighted by Gasteiger charge is -2.39. The second kappa shape index (κ2) is 3.76. The third-order valence-corrected chi connectivity index (χ3v) is 5.12. The Labute approximate surface area is 94.8 Å². The zero-order valence-electron chi connectivity index (χ0n) is 10.7. The standard InChI is InChI=1S/C14H27N/c1-13(2,3)11-4-6-12(7-5-11)14(10-15)8-9-14/h11-12H,4-10,15H2,1-3H3. The van der Waals surface area contributed by atoms with Crippen molar-refractivity contribution in [1.29, 1.82) is 0 Å². The largest absolute Gasteiger partial charge is 0.330 e. The van der Waals surface area contributed by atoms with Crippen molar-refractivity contribution in [3.05, 3.63) is 0 Å². The van der Waals surface area contributed by atoms with Crippen LogP contribution in [0.3, 0.4) is 0 Å². The lowest BCUT2D eigenvalue weighted by Crippen LogP contribution is -2.32. The predicted molar refractivity (Wildman–Crippen MR) is 65.6 cm³/mol. The van der Waals surface area contributed by atoms with Crippen LogP contribution in [0.4, 0.5) is 0 Å². The van der Waals surface area contributed by atoms with Crippen LogP contribution < -0.4 is 5.73 Å². The van der Waals surface area contributed by atoms with Gasteiger partial charge in [-0.2, -0.15) is 0 Å². The number of nitrogens with two attached hydrogens (primary N) is 1. The Kier molecular flexibility index (Phi) is 2.87. The highest BCUT2D eigenvalue weighted by Gasteiger charge is 2.49. The van der Waals surface area contributed by atoms with Crippen molar-refractivity contribution in [3.63, 3.8) is 0 Å². The molecule has 0 spiro atoms. The molecule has 2 N–H and O–H groups in total. The molecule has 0 unspecified atom stereocenters.